The van der Waals surface area contributed by atoms with Gasteiger partial charge in [0.2, 0.25) is 5.91 Å². The van der Waals surface area contributed by atoms with E-state index in [1.165, 1.54) is 36.4 Å². The minimum Gasteiger partial charge on any atom is -0.348 e. The van der Waals surface area contributed by atoms with Crippen LogP contribution in [0.25, 0.3) is 0 Å². The van der Waals surface area contributed by atoms with Gasteiger partial charge in [0, 0.05) is 12.1 Å². The summed E-state index contributed by atoms with van der Waals surface area (Å²) in [5.74, 6) is -0.184. The molecular formula is C25H27N3O5S. The van der Waals surface area contributed by atoms with Crippen LogP contribution in [0.5, 0.6) is 0 Å². The fourth-order valence-corrected chi connectivity index (χ4v) is 5.02. The van der Waals surface area contributed by atoms with E-state index in [1.54, 1.807) is 18.2 Å². The van der Waals surface area contributed by atoms with Crippen LogP contribution in [-0.4, -0.2) is 25.8 Å². The van der Waals surface area contributed by atoms with Gasteiger partial charge in [0.25, 0.3) is 15.7 Å². The lowest BCUT2D eigenvalue weighted by atomic mass is 9.97. The van der Waals surface area contributed by atoms with E-state index in [-0.39, 0.29) is 22.3 Å². The minimum absolute atomic E-state index is 0.0166. The van der Waals surface area contributed by atoms with Crippen molar-refractivity contribution in [3.8, 4) is 0 Å². The van der Waals surface area contributed by atoms with Gasteiger partial charge in [-0.3, -0.25) is 19.2 Å². The molecule has 0 aromatic heterocycles. The van der Waals surface area contributed by atoms with Crippen molar-refractivity contribution >= 4 is 27.3 Å². The largest absolute Gasteiger partial charge is 0.348 e. The Kier molecular flexibility index (Phi) is 8.01. The van der Waals surface area contributed by atoms with E-state index in [0.717, 1.165) is 9.87 Å². The SMILES string of the molecule is CC(C)C[C@@H](NC(=O)CN(c1ccc([N+](=O)[O-])cc1)S(=O)(=O)c1ccccc1)c1ccccc1. The molecule has 178 valence electrons. The first-order chi connectivity index (χ1) is 16.2. The number of nitrogens with zero attached hydrogens (tertiary/aromatic N) is 2. The molecule has 8 nitrogen and oxygen atoms in total. The first kappa shape index (κ1) is 24.9. The van der Waals surface area contributed by atoms with Gasteiger partial charge in [0.05, 0.1) is 21.5 Å². The van der Waals surface area contributed by atoms with E-state index in [1.807, 2.05) is 44.2 Å². The van der Waals surface area contributed by atoms with E-state index >= 15 is 0 Å². The second kappa shape index (κ2) is 10.9. The van der Waals surface area contributed by atoms with Crippen LogP contribution in [0.2, 0.25) is 0 Å². The summed E-state index contributed by atoms with van der Waals surface area (Å²) in [5.41, 5.74) is 0.911. The molecule has 1 amide bonds. The number of hydrogen-bond donors (Lipinski definition) is 1. The van der Waals surface area contributed by atoms with Gasteiger partial charge in [-0.1, -0.05) is 62.4 Å². The summed E-state index contributed by atoms with van der Waals surface area (Å²) >= 11 is 0. The zero-order chi connectivity index (χ0) is 24.7. The third-order valence-electron chi connectivity index (χ3n) is 5.21. The highest BCUT2D eigenvalue weighted by atomic mass is 32.2. The molecule has 3 aromatic rings. The lowest BCUT2D eigenvalue weighted by Gasteiger charge is -2.26. The van der Waals surface area contributed by atoms with E-state index in [0.29, 0.717) is 12.3 Å². The molecule has 0 fully saturated rings. The zero-order valence-electron chi connectivity index (χ0n) is 19.0. The highest BCUT2D eigenvalue weighted by Gasteiger charge is 2.28. The first-order valence-electron chi connectivity index (χ1n) is 10.8. The van der Waals surface area contributed by atoms with Crippen molar-refractivity contribution in [2.45, 2.75) is 31.2 Å². The molecule has 3 rings (SSSR count). The molecule has 0 aliphatic heterocycles. The summed E-state index contributed by atoms with van der Waals surface area (Å²) in [7, 11) is -4.10. The fraction of sp³-hybridized carbons (Fsp3) is 0.240. The second-order valence-corrected chi connectivity index (χ2v) is 10.1. The Morgan fingerprint density at radius 2 is 1.50 bits per heavy atom. The van der Waals surface area contributed by atoms with Gasteiger partial charge < -0.3 is 5.32 Å². The topological polar surface area (TPSA) is 110 Å². The number of nitro groups is 1. The van der Waals surface area contributed by atoms with Crippen molar-refractivity contribution in [1.82, 2.24) is 5.32 Å². The summed E-state index contributed by atoms with van der Waals surface area (Å²) in [6.07, 6.45) is 0.679. The molecule has 0 heterocycles. The second-order valence-electron chi connectivity index (χ2n) is 8.26. The van der Waals surface area contributed by atoms with E-state index in [9.17, 15) is 23.3 Å². The monoisotopic (exact) mass is 481 g/mol. The number of carbonyl (C=O) groups is 1. The van der Waals surface area contributed by atoms with Crippen LogP contribution in [0.1, 0.15) is 31.9 Å². The third kappa shape index (κ3) is 6.20. The van der Waals surface area contributed by atoms with Crippen molar-refractivity contribution in [1.29, 1.82) is 0 Å². The molecular weight excluding hydrogens is 454 g/mol. The van der Waals surface area contributed by atoms with Crippen LogP contribution >= 0.6 is 0 Å². The molecule has 3 aromatic carbocycles. The van der Waals surface area contributed by atoms with Gasteiger partial charge in [-0.15, -0.1) is 0 Å². The summed E-state index contributed by atoms with van der Waals surface area (Å²) in [4.78, 5) is 23.6. The average molecular weight is 482 g/mol. The number of rotatable bonds is 10. The number of amides is 1. The van der Waals surface area contributed by atoms with Crippen LogP contribution in [0, 0.1) is 16.0 Å². The number of nitrogens with one attached hydrogen (secondary N) is 1. The molecule has 0 unspecified atom stereocenters. The van der Waals surface area contributed by atoms with E-state index in [2.05, 4.69) is 5.32 Å². The number of nitro benzene ring substituents is 1. The normalized spacial score (nSPS) is 12.2. The number of hydrogen-bond acceptors (Lipinski definition) is 5. The maximum Gasteiger partial charge on any atom is 0.269 e. The fourth-order valence-electron chi connectivity index (χ4n) is 3.58. The predicted octanol–water partition coefficient (Wildman–Crippen LogP) is 4.69. The predicted molar refractivity (Wildman–Crippen MR) is 131 cm³/mol. The van der Waals surface area contributed by atoms with Crippen LogP contribution in [-0.2, 0) is 14.8 Å². The maximum atomic E-state index is 13.4. The molecule has 34 heavy (non-hydrogen) atoms. The third-order valence-corrected chi connectivity index (χ3v) is 7.00. The Morgan fingerprint density at radius 3 is 2.03 bits per heavy atom. The molecule has 0 aliphatic rings. The Labute approximate surface area is 199 Å². The molecule has 0 saturated carbocycles. The number of carbonyl (C=O) groups excluding carboxylic acids is 1. The van der Waals surface area contributed by atoms with Crippen LogP contribution in [0.3, 0.4) is 0 Å². The van der Waals surface area contributed by atoms with E-state index < -0.39 is 27.4 Å². The average Bonchev–Trinajstić information content (AvgIpc) is 2.83. The summed E-state index contributed by atoms with van der Waals surface area (Å²) in [6.45, 7) is 3.62. The Morgan fingerprint density at radius 1 is 0.941 bits per heavy atom. The Bertz CT molecular complexity index is 1210. The quantitative estimate of drug-likeness (QED) is 0.334. The molecule has 0 spiro atoms. The Balaban J connectivity index is 1.93. The van der Waals surface area contributed by atoms with Gasteiger partial charge in [-0.25, -0.2) is 8.42 Å². The van der Waals surface area contributed by atoms with Gasteiger partial charge in [-0.2, -0.15) is 0 Å². The zero-order valence-corrected chi connectivity index (χ0v) is 19.8. The van der Waals surface area contributed by atoms with Gasteiger partial charge in [0.15, 0.2) is 0 Å². The highest BCUT2D eigenvalue weighted by molar-refractivity contribution is 7.92. The molecule has 1 N–H and O–H groups in total. The van der Waals surface area contributed by atoms with Crippen LogP contribution in [0.15, 0.2) is 89.8 Å². The Hall–Kier alpha value is -3.72. The van der Waals surface area contributed by atoms with Crippen molar-refractivity contribution in [3.63, 3.8) is 0 Å². The van der Waals surface area contributed by atoms with Crippen molar-refractivity contribution in [3.05, 3.63) is 101 Å². The smallest absolute Gasteiger partial charge is 0.269 e. The lowest BCUT2D eigenvalue weighted by molar-refractivity contribution is -0.384. The lowest BCUT2D eigenvalue weighted by Crippen LogP contribution is -2.42. The summed E-state index contributed by atoms with van der Waals surface area (Å²) in [5, 5.41) is 14.0. The van der Waals surface area contributed by atoms with Gasteiger partial charge in [-0.05, 0) is 42.2 Å². The van der Waals surface area contributed by atoms with Crippen LogP contribution < -0.4 is 9.62 Å². The molecule has 0 saturated heterocycles. The van der Waals surface area contributed by atoms with Crippen LogP contribution in [0.4, 0.5) is 11.4 Å². The van der Waals surface area contributed by atoms with Crippen molar-refractivity contribution < 1.29 is 18.1 Å². The standard InChI is InChI=1S/C25H27N3O5S/c1-19(2)17-24(20-9-5-3-6-10-20)26-25(29)18-27(21-13-15-22(16-14-21)28(30)31)34(32,33)23-11-7-4-8-12-23/h3-16,19,24H,17-18H2,1-2H3,(H,26,29)/t24-/m1/s1. The molecule has 0 aliphatic carbocycles. The number of sulfonamides is 1. The molecule has 9 heteroatoms. The number of anilines is 1. The van der Waals surface area contributed by atoms with E-state index in [4.69, 9.17) is 0 Å². The molecule has 0 radical (unpaired) electrons. The summed E-state index contributed by atoms with van der Waals surface area (Å²) < 4.78 is 27.8. The number of non-ortho nitro benzene ring substituents is 1. The van der Waals surface area contributed by atoms with Crippen molar-refractivity contribution in [2.24, 2.45) is 5.92 Å². The number of benzene rings is 3. The highest BCUT2D eigenvalue weighted by Crippen LogP contribution is 2.26. The van der Waals surface area contributed by atoms with Gasteiger partial charge >= 0.3 is 0 Å². The summed E-state index contributed by atoms with van der Waals surface area (Å²) in [6, 6.07) is 22.1. The molecule has 0 bridgehead atoms. The maximum absolute atomic E-state index is 13.4. The minimum atomic E-state index is -4.10. The first-order valence-corrected chi connectivity index (χ1v) is 12.3. The van der Waals surface area contributed by atoms with Crippen molar-refractivity contribution in [2.75, 3.05) is 10.8 Å². The molecule has 1 atom stereocenters. The van der Waals surface area contributed by atoms with Gasteiger partial charge in [0.1, 0.15) is 6.54 Å².